The number of benzene rings is 1. The zero-order valence-corrected chi connectivity index (χ0v) is 18.0. The molecular formula is C20H23N7O8. The van der Waals surface area contributed by atoms with E-state index in [1.165, 1.54) is 18.1 Å². The highest BCUT2D eigenvalue weighted by atomic mass is 16.4. The molecule has 0 aliphatic carbocycles. The molecule has 1 aliphatic rings. The van der Waals surface area contributed by atoms with Gasteiger partial charge in [-0.1, -0.05) is 0 Å². The number of carboxylic acid groups (broad SMARTS) is 2. The molecule has 1 aromatic heterocycles. The summed E-state index contributed by atoms with van der Waals surface area (Å²) in [5, 5.41) is 29.5. The highest BCUT2D eigenvalue weighted by Gasteiger charge is 2.25. The summed E-state index contributed by atoms with van der Waals surface area (Å²) < 4.78 is 0. The van der Waals surface area contributed by atoms with E-state index in [4.69, 9.17) is 10.8 Å². The summed E-state index contributed by atoms with van der Waals surface area (Å²) in [7, 11) is 0. The summed E-state index contributed by atoms with van der Waals surface area (Å²) in [6, 6.07) is 4.31. The fourth-order valence-electron chi connectivity index (χ4n) is 3.15. The van der Waals surface area contributed by atoms with Gasteiger partial charge in [-0.2, -0.15) is 4.98 Å². The van der Waals surface area contributed by atoms with Crippen molar-refractivity contribution in [1.82, 2.24) is 15.3 Å². The summed E-state index contributed by atoms with van der Waals surface area (Å²) >= 11 is 0. The molecule has 186 valence electrons. The molecule has 3 rings (SSSR count). The maximum atomic E-state index is 12.4. The predicted molar refractivity (Wildman–Crippen MR) is 124 cm³/mol. The van der Waals surface area contributed by atoms with Crippen molar-refractivity contribution in [1.29, 1.82) is 0 Å². The van der Waals surface area contributed by atoms with Gasteiger partial charge in [0, 0.05) is 30.8 Å². The molecule has 11 N–H and O–H groups in total. The van der Waals surface area contributed by atoms with Gasteiger partial charge in [-0.25, -0.2) is 14.4 Å². The fraction of sp³-hybridized carbons (Fsp3) is 0.250. The van der Waals surface area contributed by atoms with Gasteiger partial charge in [-0.3, -0.25) is 14.6 Å². The van der Waals surface area contributed by atoms with Gasteiger partial charge in [0.05, 0.1) is 6.04 Å². The number of hydrogen-bond acceptors (Lipinski definition) is 10. The molecule has 15 nitrogen and oxygen atoms in total. The van der Waals surface area contributed by atoms with E-state index >= 15 is 0 Å². The van der Waals surface area contributed by atoms with Crippen LogP contribution >= 0.6 is 0 Å². The second-order valence-electron chi connectivity index (χ2n) is 7.31. The Bertz CT molecular complexity index is 1220. The number of nitrogens with one attached hydrogen (secondary N) is 5. The lowest BCUT2D eigenvalue weighted by atomic mass is 10.1. The number of H-pyrrole nitrogens is 1. The third kappa shape index (κ3) is 6.56. The average Bonchev–Trinajstić information content (AvgIpc) is 2.80. The van der Waals surface area contributed by atoms with E-state index in [0.717, 1.165) is 0 Å². The number of amides is 1. The largest absolute Gasteiger partial charge is 0.480 e. The molecule has 1 aromatic carbocycles. The zero-order chi connectivity index (χ0) is 24.8. The van der Waals surface area contributed by atoms with Gasteiger partial charge < -0.3 is 42.7 Å². The Morgan fingerprint density at radius 3 is 2.51 bits per heavy atom. The van der Waals surface area contributed by atoms with Gasteiger partial charge in [0.25, 0.3) is 11.5 Å². The minimum atomic E-state index is -1.61. The first-order chi connectivity index (χ1) is 16.2. The number of aromatic amines is 1. The third-order valence-electron chi connectivity index (χ3n) is 4.89. The van der Waals surface area contributed by atoms with Crippen LogP contribution in [0.5, 0.6) is 0 Å². The summed E-state index contributed by atoms with van der Waals surface area (Å²) in [6.45, 7) is 0.888. The Balaban J connectivity index is 0.00000432. The van der Waals surface area contributed by atoms with Crippen molar-refractivity contribution in [2.75, 3.05) is 34.8 Å². The molecule has 0 saturated carbocycles. The Morgan fingerprint density at radius 1 is 1.23 bits per heavy atom. The smallest absolute Gasteiger partial charge is 0.342 e. The van der Waals surface area contributed by atoms with E-state index in [0.29, 0.717) is 24.6 Å². The standard InChI is InChI=1S/C20H21N7O7.H2O/c21-20-26-15-14(17(30)27-20)24-12(7-23-15)6-22-11-3-1-9(2-4-11)16(29)25-13(19(33)34)5-10(8-28)18(31)32;/h1-4,12-13,22,24H,5-7H2,(H,25,29)(H,31,32)(H,33,34)(H4,21,23,26,27,30);1H2. The van der Waals surface area contributed by atoms with E-state index in [1.54, 1.807) is 12.1 Å². The van der Waals surface area contributed by atoms with Gasteiger partial charge in [0.15, 0.2) is 5.82 Å². The lowest BCUT2D eigenvalue weighted by molar-refractivity contribution is -0.139. The van der Waals surface area contributed by atoms with Gasteiger partial charge in [0.2, 0.25) is 5.95 Å². The molecular weight excluding hydrogens is 466 g/mol. The first-order valence-electron chi connectivity index (χ1n) is 9.93. The minimum absolute atomic E-state index is 0. The van der Waals surface area contributed by atoms with Crippen LogP contribution in [0.2, 0.25) is 0 Å². The second kappa shape index (κ2) is 11.3. The van der Waals surface area contributed by atoms with Crippen LogP contribution in [0.1, 0.15) is 16.8 Å². The van der Waals surface area contributed by atoms with Gasteiger partial charge in [0.1, 0.15) is 23.2 Å². The molecule has 0 radical (unpaired) electrons. The third-order valence-corrected chi connectivity index (χ3v) is 4.89. The van der Waals surface area contributed by atoms with E-state index in [-0.39, 0.29) is 28.7 Å². The van der Waals surface area contributed by atoms with E-state index in [2.05, 4.69) is 31.2 Å². The monoisotopic (exact) mass is 489 g/mol. The predicted octanol–water partition coefficient (Wildman–Crippen LogP) is -1.74. The number of carbonyl (C=O) groups excluding carboxylic acids is 2. The Labute approximate surface area is 196 Å². The summed E-state index contributed by atoms with van der Waals surface area (Å²) in [4.78, 5) is 63.7. The number of nitrogen functional groups attached to an aromatic ring is 1. The van der Waals surface area contributed by atoms with Gasteiger partial charge in [-0.05, 0) is 24.3 Å². The van der Waals surface area contributed by atoms with E-state index in [9.17, 15) is 29.1 Å². The summed E-state index contributed by atoms with van der Waals surface area (Å²) in [6.07, 6.45) is -0.712. The number of rotatable bonds is 9. The number of anilines is 4. The molecule has 35 heavy (non-hydrogen) atoms. The van der Waals surface area contributed by atoms with Gasteiger partial charge in [-0.15, -0.1) is 0 Å². The topological polar surface area (TPSA) is 260 Å². The maximum Gasteiger partial charge on any atom is 0.342 e. The molecule has 2 aromatic rings. The van der Waals surface area contributed by atoms with Crippen molar-refractivity contribution in [3.63, 3.8) is 0 Å². The molecule has 1 amide bonds. The molecule has 0 spiro atoms. The van der Waals surface area contributed by atoms with Crippen molar-refractivity contribution in [3.05, 3.63) is 45.8 Å². The summed E-state index contributed by atoms with van der Waals surface area (Å²) in [5.74, 6) is -2.31. The lowest BCUT2D eigenvalue weighted by Gasteiger charge is -2.27. The molecule has 2 atom stereocenters. The quantitative estimate of drug-likeness (QED) is 0.144. The highest BCUT2D eigenvalue weighted by Crippen LogP contribution is 2.20. The fourth-order valence-corrected chi connectivity index (χ4v) is 3.15. The molecule has 0 saturated heterocycles. The highest BCUT2D eigenvalue weighted by molar-refractivity contribution is 5.99. The average molecular weight is 489 g/mol. The number of carboxylic acids is 2. The Hall–Kier alpha value is -4.88. The lowest BCUT2D eigenvalue weighted by Crippen LogP contribution is -2.41. The number of hydrogen-bond donors (Lipinski definition) is 8. The van der Waals surface area contributed by atoms with Crippen molar-refractivity contribution in [3.8, 4) is 0 Å². The number of fused-ring (bicyclic) bond motifs is 1. The van der Waals surface area contributed by atoms with Crippen LogP contribution in [0.15, 0.2) is 34.6 Å². The van der Waals surface area contributed by atoms with Crippen LogP contribution < -0.4 is 32.6 Å². The van der Waals surface area contributed by atoms with E-state index in [1.807, 2.05) is 0 Å². The first kappa shape index (κ1) is 26.4. The number of nitrogens with zero attached hydrogens (tertiary/aromatic N) is 1. The molecule has 2 heterocycles. The van der Waals surface area contributed by atoms with Crippen LogP contribution in [0, 0.1) is 0 Å². The second-order valence-corrected chi connectivity index (χ2v) is 7.31. The molecule has 2 unspecified atom stereocenters. The minimum Gasteiger partial charge on any atom is -0.480 e. The number of aliphatic carboxylic acids is 2. The number of aromatic nitrogens is 2. The van der Waals surface area contributed by atoms with Crippen molar-refractivity contribution >= 4 is 46.9 Å². The van der Waals surface area contributed by atoms with Crippen LogP contribution in [0.3, 0.4) is 0 Å². The van der Waals surface area contributed by atoms with Crippen molar-refractivity contribution in [2.24, 2.45) is 0 Å². The molecule has 0 bridgehead atoms. The Kier molecular flexibility index (Phi) is 8.52. The number of carbonyl (C=O) groups is 3. The number of nitrogens with two attached hydrogens (primary N) is 1. The Morgan fingerprint density at radius 2 is 1.91 bits per heavy atom. The molecule has 0 fully saturated rings. The van der Waals surface area contributed by atoms with E-state index < -0.39 is 41.4 Å². The molecule has 1 aliphatic heterocycles. The van der Waals surface area contributed by atoms with Crippen LogP contribution in [-0.2, 0) is 14.4 Å². The normalized spacial score (nSPS) is 14.5. The zero-order valence-electron chi connectivity index (χ0n) is 18.0. The van der Waals surface area contributed by atoms with Crippen molar-refractivity contribution < 1.29 is 34.9 Å². The molecule has 15 heteroatoms. The first-order valence-corrected chi connectivity index (χ1v) is 9.93. The van der Waals surface area contributed by atoms with Crippen LogP contribution in [-0.4, -0.2) is 74.6 Å². The van der Waals surface area contributed by atoms with Gasteiger partial charge >= 0.3 is 11.9 Å². The van der Waals surface area contributed by atoms with Crippen LogP contribution in [0.4, 0.5) is 23.1 Å². The SMILES string of the molecule is Nc1nc2c(c(=O)[nH]1)NC(CNc1ccc(C(=O)NC(CC(=C=O)C(=O)O)C(=O)O)cc1)CN2.O. The maximum absolute atomic E-state index is 12.4. The van der Waals surface area contributed by atoms with Crippen LogP contribution in [0.25, 0.3) is 0 Å². The summed E-state index contributed by atoms with van der Waals surface area (Å²) in [5.41, 5.74) is 5.40. The van der Waals surface area contributed by atoms with Crippen molar-refractivity contribution in [2.45, 2.75) is 18.5 Å².